The maximum Gasteiger partial charge on any atom is 0.432 e. The molecule has 264 valence electrons. The first-order valence-electron chi connectivity index (χ1n) is 16.6. The summed E-state index contributed by atoms with van der Waals surface area (Å²) in [5.74, 6) is 0.776. The van der Waals surface area contributed by atoms with Crippen LogP contribution < -0.4 is 14.4 Å². The van der Waals surface area contributed by atoms with Gasteiger partial charge in [-0.2, -0.15) is 29.0 Å². The molecule has 3 aromatic rings. The summed E-state index contributed by atoms with van der Waals surface area (Å²) in [6.45, 7) is 7.41. The molecule has 1 atom stereocenters. The minimum Gasteiger partial charge on any atom is -0.497 e. The number of anilines is 1. The van der Waals surface area contributed by atoms with Crippen molar-refractivity contribution in [1.82, 2.24) is 0 Å². The fourth-order valence-electron chi connectivity index (χ4n) is 5.40. The summed E-state index contributed by atoms with van der Waals surface area (Å²) in [5, 5.41) is 28.2. The number of thiophene rings is 1. The third-order valence-corrected chi connectivity index (χ3v) is 9.43. The Morgan fingerprint density at radius 2 is 1.49 bits per heavy atom. The number of unbranched alkanes of at least 4 members (excludes halogenated alkanes) is 2. The second kappa shape index (κ2) is 17.5. The number of hydrogen-bond acceptors (Lipinski definition) is 8. The van der Waals surface area contributed by atoms with Gasteiger partial charge in [-0.15, -0.1) is 11.3 Å². The van der Waals surface area contributed by atoms with E-state index in [1.807, 2.05) is 42.5 Å². The molecular formula is C40H39F3N4O3S. The first kappa shape index (κ1) is 38.4. The first-order chi connectivity index (χ1) is 24.5. The number of hydrogen-bond donors (Lipinski definition) is 0. The zero-order chi connectivity index (χ0) is 37.0. The summed E-state index contributed by atoms with van der Waals surface area (Å²) < 4.78 is 59.2. The van der Waals surface area contributed by atoms with Crippen molar-refractivity contribution in [3.05, 3.63) is 104 Å². The second-order valence-corrected chi connectivity index (χ2v) is 13.1. The lowest BCUT2D eigenvalue weighted by atomic mass is 9.92. The minimum atomic E-state index is -4.93. The van der Waals surface area contributed by atoms with Gasteiger partial charge in [0.25, 0.3) is 0 Å². The predicted molar refractivity (Wildman–Crippen MR) is 195 cm³/mol. The molecule has 0 spiro atoms. The molecule has 0 N–H and O–H groups in total. The molecule has 1 aliphatic heterocycles. The van der Waals surface area contributed by atoms with Gasteiger partial charge in [-0.3, -0.25) is 0 Å². The number of alkyl halides is 3. The van der Waals surface area contributed by atoms with E-state index in [2.05, 4.69) is 36.9 Å². The van der Waals surface area contributed by atoms with Crippen LogP contribution in [0.25, 0.3) is 18.2 Å². The van der Waals surface area contributed by atoms with E-state index >= 15 is 0 Å². The van der Waals surface area contributed by atoms with Crippen molar-refractivity contribution < 1.29 is 27.4 Å². The SMILES string of the molecule is CCCCN(CCCC)c1ccc(/C=C/c2ccc(/C=C/C3=C(C#N)C(=C(C#N)C#N)OC3(C)C(F)(F)F)s2)c(COc2ccc(OC)cc2)c1. The number of benzene rings is 2. The quantitative estimate of drug-likeness (QED) is 0.145. The smallest absolute Gasteiger partial charge is 0.432 e. The molecule has 1 unspecified atom stereocenters. The van der Waals surface area contributed by atoms with Crippen molar-refractivity contribution in [2.24, 2.45) is 0 Å². The Bertz CT molecular complexity index is 1910. The molecule has 2 aromatic carbocycles. The maximum atomic E-state index is 14.2. The van der Waals surface area contributed by atoms with E-state index in [-0.39, 0.29) is 0 Å². The summed E-state index contributed by atoms with van der Waals surface area (Å²) in [5.41, 5.74) is -1.51. The van der Waals surface area contributed by atoms with Gasteiger partial charge in [0.1, 0.15) is 41.9 Å². The molecule has 0 aliphatic carbocycles. The number of nitrogens with zero attached hydrogens (tertiary/aromatic N) is 4. The molecule has 1 aliphatic rings. The molecule has 51 heavy (non-hydrogen) atoms. The van der Waals surface area contributed by atoms with Crippen LogP contribution in [0.3, 0.4) is 0 Å². The zero-order valence-electron chi connectivity index (χ0n) is 29.0. The molecule has 0 radical (unpaired) electrons. The van der Waals surface area contributed by atoms with Gasteiger partial charge in [-0.1, -0.05) is 44.9 Å². The van der Waals surface area contributed by atoms with Crippen molar-refractivity contribution in [1.29, 1.82) is 15.8 Å². The Kier molecular flexibility index (Phi) is 13.1. The highest BCUT2D eigenvalue weighted by Gasteiger charge is 2.60. The fourth-order valence-corrected chi connectivity index (χ4v) is 6.22. The van der Waals surface area contributed by atoms with Crippen molar-refractivity contribution in [2.45, 2.75) is 64.8 Å². The molecule has 1 aromatic heterocycles. The number of allylic oxidation sites excluding steroid dienone is 2. The monoisotopic (exact) mass is 712 g/mol. The molecule has 0 bridgehead atoms. The van der Waals surface area contributed by atoms with Crippen LogP contribution in [0.15, 0.2) is 83.2 Å². The molecule has 0 saturated heterocycles. The van der Waals surface area contributed by atoms with Gasteiger partial charge >= 0.3 is 6.18 Å². The number of halogens is 3. The third kappa shape index (κ3) is 9.22. The highest BCUT2D eigenvalue weighted by atomic mass is 32.1. The largest absolute Gasteiger partial charge is 0.497 e. The van der Waals surface area contributed by atoms with Gasteiger partial charge in [0.05, 0.1) is 7.11 Å². The average Bonchev–Trinajstić information content (AvgIpc) is 3.71. The van der Waals surface area contributed by atoms with E-state index in [0.29, 0.717) is 17.2 Å². The van der Waals surface area contributed by atoms with E-state index in [1.54, 1.807) is 19.2 Å². The lowest BCUT2D eigenvalue weighted by Crippen LogP contribution is -2.43. The summed E-state index contributed by atoms with van der Waals surface area (Å²) in [6.07, 6.45) is 6.01. The van der Waals surface area contributed by atoms with E-state index in [9.17, 15) is 29.0 Å². The van der Waals surface area contributed by atoms with Crippen molar-refractivity contribution >= 4 is 35.3 Å². The van der Waals surface area contributed by atoms with E-state index < -0.39 is 34.3 Å². The third-order valence-electron chi connectivity index (χ3n) is 8.42. The van der Waals surface area contributed by atoms with Gasteiger partial charge in [-0.25, -0.2) is 0 Å². The molecule has 0 saturated carbocycles. The normalized spacial score (nSPS) is 15.8. The summed E-state index contributed by atoms with van der Waals surface area (Å²) in [7, 11) is 1.61. The summed E-state index contributed by atoms with van der Waals surface area (Å²) >= 11 is 1.34. The Labute approximate surface area is 301 Å². The lowest BCUT2D eigenvalue weighted by molar-refractivity contribution is -0.236. The standard InChI is InChI=1S/C40H39F3N4O3S/c1-5-7-21-47(22-8-6-2)31-11-9-28(29(23-31)27-49-33-14-12-32(48-4)13-15-33)10-16-34-17-18-35(51-34)19-20-37-36(26-46)38(30(24-44)25-45)50-39(37,3)40(41,42)43/h9-20,23H,5-8,21-22,27H2,1-4H3/b16-10+,20-19+. The summed E-state index contributed by atoms with van der Waals surface area (Å²) in [6, 6.07) is 22.1. The number of rotatable bonds is 15. The molecule has 0 fully saturated rings. The van der Waals surface area contributed by atoms with Crippen molar-refractivity contribution in [3.8, 4) is 29.7 Å². The molecule has 0 amide bonds. The van der Waals surface area contributed by atoms with Crippen molar-refractivity contribution in [2.75, 3.05) is 25.1 Å². The topological polar surface area (TPSA) is 102 Å². The number of methoxy groups -OCH3 is 1. The van der Waals surface area contributed by atoms with Gasteiger partial charge < -0.3 is 19.1 Å². The number of nitriles is 3. The van der Waals surface area contributed by atoms with Crippen LogP contribution in [0.2, 0.25) is 0 Å². The van der Waals surface area contributed by atoms with E-state index in [4.69, 9.17) is 14.2 Å². The second-order valence-electron chi connectivity index (χ2n) is 11.9. The van der Waals surface area contributed by atoms with Crippen LogP contribution in [0.4, 0.5) is 18.9 Å². The molecule has 2 heterocycles. The highest BCUT2D eigenvalue weighted by molar-refractivity contribution is 7.13. The van der Waals surface area contributed by atoms with Crippen LogP contribution in [-0.2, 0) is 11.3 Å². The van der Waals surface area contributed by atoms with Crippen LogP contribution in [-0.4, -0.2) is 32.0 Å². The first-order valence-corrected chi connectivity index (χ1v) is 17.4. The Hall–Kier alpha value is -5.44. The minimum absolute atomic E-state index is 0.333. The van der Waals surface area contributed by atoms with Crippen LogP contribution in [0.1, 0.15) is 67.3 Å². The van der Waals surface area contributed by atoms with E-state index in [0.717, 1.165) is 73.1 Å². The Morgan fingerprint density at radius 3 is 2.04 bits per heavy atom. The molecule has 4 rings (SSSR count). The lowest BCUT2D eigenvalue weighted by Gasteiger charge is -2.28. The summed E-state index contributed by atoms with van der Waals surface area (Å²) in [4.78, 5) is 3.89. The highest BCUT2D eigenvalue weighted by Crippen LogP contribution is 2.49. The zero-order valence-corrected chi connectivity index (χ0v) is 29.8. The average molecular weight is 713 g/mol. The molecule has 11 heteroatoms. The van der Waals surface area contributed by atoms with Crippen LogP contribution in [0, 0.1) is 34.0 Å². The predicted octanol–water partition coefficient (Wildman–Crippen LogP) is 10.4. The number of ether oxygens (including phenoxy) is 3. The van der Waals surface area contributed by atoms with Crippen LogP contribution >= 0.6 is 11.3 Å². The Balaban J connectivity index is 1.64. The van der Waals surface area contributed by atoms with Crippen molar-refractivity contribution in [3.63, 3.8) is 0 Å². The Morgan fingerprint density at radius 1 is 0.882 bits per heavy atom. The van der Waals surface area contributed by atoms with Gasteiger partial charge in [0, 0.05) is 34.1 Å². The van der Waals surface area contributed by atoms with E-state index in [1.165, 1.54) is 35.6 Å². The maximum absolute atomic E-state index is 14.2. The van der Waals surface area contributed by atoms with Gasteiger partial charge in [0.15, 0.2) is 11.3 Å². The van der Waals surface area contributed by atoms with Crippen LogP contribution in [0.5, 0.6) is 11.5 Å². The molecular weight excluding hydrogens is 674 g/mol. The fraction of sp³-hybridized carbons (Fsp3) is 0.325. The van der Waals surface area contributed by atoms with Gasteiger partial charge in [-0.05, 0) is 91.6 Å². The molecule has 7 nitrogen and oxygen atoms in total. The van der Waals surface area contributed by atoms with Gasteiger partial charge in [0.2, 0.25) is 5.60 Å².